The van der Waals surface area contributed by atoms with Crippen molar-refractivity contribution in [3.05, 3.63) is 72.4 Å². The van der Waals surface area contributed by atoms with Gasteiger partial charge < -0.3 is 9.73 Å². The number of amides is 3. The molecule has 0 saturated carbocycles. The van der Waals surface area contributed by atoms with Crippen LogP contribution >= 0.6 is 0 Å². The van der Waals surface area contributed by atoms with Gasteiger partial charge in [0, 0.05) is 12.4 Å². The highest BCUT2D eigenvalue weighted by atomic mass is 16.3. The van der Waals surface area contributed by atoms with Crippen molar-refractivity contribution in [2.24, 2.45) is 0 Å². The van der Waals surface area contributed by atoms with E-state index in [4.69, 9.17) is 4.42 Å². The van der Waals surface area contributed by atoms with Gasteiger partial charge in [0.2, 0.25) is 0 Å². The molecule has 4 rings (SSSR count). The van der Waals surface area contributed by atoms with Crippen LogP contribution < -0.4 is 5.32 Å². The molecular weight excluding hydrogens is 320 g/mol. The summed E-state index contributed by atoms with van der Waals surface area (Å²) >= 11 is 0. The van der Waals surface area contributed by atoms with E-state index in [1.165, 1.54) is 11.2 Å². The van der Waals surface area contributed by atoms with Crippen LogP contribution in [0.4, 0.5) is 4.79 Å². The number of furan rings is 1. The third-order valence-corrected chi connectivity index (χ3v) is 4.33. The monoisotopic (exact) mass is 336 g/mol. The van der Waals surface area contributed by atoms with E-state index in [1.54, 1.807) is 29.9 Å². The first-order valence-corrected chi connectivity index (χ1v) is 7.85. The van der Waals surface area contributed by atoms with Crippen molar-refractivity contribution in [1.29, 1.82) is 0 Å². The van der Waals surface area contributed by atoms with Crippen LogP contribution in [0, 0.1) is 0 Å². The van der Waals surface area contributed by atoms with Crippen molar-refractivity contribution < 1.29 is 14.0 Å². The van der Waals surface area contributed by atoms with Crippen molar-refractivity contribution in [1.82, 2.24) is 20.0 Å². The number of imide groups is 1. The van der Waals surface area contributed by atoms with E-state index in [0.717, 1.165) is 11.3 Å². The van der Waals surface area contributed by atoms with Gasteiger partial charge in [-0.2, -0.15) is 5.10 Å². The normalized spacial score (nSPS) is 20.1. The van der Waals surface area contributed by atoms with E-state index >= 15 is 0 Å². The Morgan fingerprint density at radius 3 is 2.60 bits per heavy atom. The molecule has 1 aliphatic rings. The van der Waals surface area contributed by atoms with E-state index in [2.05, 4.69) is 10.4 Å². The number of hydrogen-bond donors (Lipinski definition) is 1. The maximum Gasteiger partial charge on any atom is 0.325 e. The van der Waals surface area contributed by atoms with Crippen molar-refractivity contribution >= 4 is 11.9 Å². The molecule has 0 bridgehead atoms. The molecule has 3 heterocycles. The zero-order valence-electron chi connectivity index (χ0n) is 13.5. The molecule has 25 heavy (non-hydrogen) atoms. The zero-order valence-corrected chi connectivity index (χ0v) is 13.5. The molecule has 3 aromatic rings. The fourth-order valence-corrected chi connectivity index (χ4v) is 2.93. The molecule has 1 atom stereocenters. The lowest BCUT2D eigenvalue weighted by molar-refractivity contribution is -0.132. The molecule has 0 aliphatic carbocycles. The SMILES string of the molecule is CC1(c2ccco2)NC(=O)N(Cc2ccc(-n3cccn3)cc2)C1=O. The van der Waals surface area contributed by atoms with Gasteiger partial charge in [0.25, 0.3) is 5.91 Å². The molecule has 0 spiro atoms. The van der Waals surface area contributed by atoms with Crippen LogP contribution in [0.15, 0.2) is 65.5 Å². The lowest BCUT2D eigenvalue weighted by atomic mass is 9.99. The van der Waals surface area contributed by atoms with Gasteiger partial charge in [0.1, 0.15) is 5.76 Å². The van der Waals surface area contributed by atoms with Gasteiger partial charge in [-0.3, -0.25) is 9.69 Å². The molecule has 0 radical (unpaired) electrons. The second-order valence-electron chi connectivity index (χ2n) is 6.04. The number of hydrogen-bond acceptors (Lipinski definition) is 4. The third kappa shape index (κ3) is 2.50. The molecule has 1 aromatic carbocycles. The van der Waals surface area contributed by atoms with Crippen molar-refractivity contribution in [3.63, 3.8) is 0 Å². The molecular formula is C18H16N4O3. The van der Waals surface area contributed by atoms with Gasteiger partial charge in [-0.1, -0.05) is 12.1 Å². The lowest BCUT2D eigenvalue weighted by Crippen LogP contribution is -2.40. The fourth-order valence-electron chi connectivity index (χ4n) is 2.93. The van der Waals surface area contributed by atoms with Gasteiger partial charge in [-0.25, -0.2) is 9.48 Å². The summed E-state index contributed by atoms with van der Waals surface area (Å²) in [5, 5.41) is 6.88. The van der Waals surface area contributed by atoms with Crippen molar-refractivity contribution in [3.8, 4) is 5.69 Å². The Hall–Kier alpha value is -3.35. The van der Waals surface area contributed by atoms with Crippen LogP contribution in [-0.2, 0) is 16.9 Å². The Kier molecular flexibility index (Phi) is 3.42. The molecule has 1 N–H and O–H groups in total. The summed E-state index contributed by atoms with van der Waals surface area (Å²) < 4.78 is 7.06. The predicted molar refractivity (Wildman–Crippen MR) is 88.7 cm³/mol. The van der Waals surface area contributed by atoms with Crippen LogP contribution in [0.3, 0.4) is 0 Å². The van der Waals surface area contributed by atoms with Crippen molar-refractivity contribution in [2.75, 3.05) is 0 Å². The molecule has 2 aromatic heterocycles. The topological polar surface area (TPSA) is 80.4 Å². The molecule has 1 unspecified atom stereocenters. The summed E-state index contributed by atoms with van der Waals surface area (Å²) in [5.74, 6) is 0.0889. The minimum Gasteiger partial charge on any atom is -0.466 e. The Bertz CT molecular complexity index is 900. The number of nitrogens with zero attached hydrogens (tertiary/aromatic N) is 3. The summed E-state index contributed by atoms with van der Waals surface area (Å²) in [6, 6.07) is 12.3. The summed E-state index contributed by atoms with van der Waals surface area (Å²) in [7, 11) is 0. The first kappa shape index (κ1) is 15.2. The number of nitrogens with one attached hydrogen (secondary N) is 1. The van der Waals surface area contributed by atoms with E-state index in [1.807, 2.05) is 36.5 Å². The first-order valence-electron chi connectivity index (χ1n) is 7.85. The minimum absolute atomic E-state index is 0.195. The second-order valence-corrected chi connectivity index (χ2v) is 6.04. The lowest BCUT2D eigenvalue weighted by Gasteiger charge is -2.19. The summed E-state index contributed by atoms with van der Waals surface area (Å²) in [5.41, 5.74) is 0.588. The zero-order chi connectivity index (χ0) is 17.4. The molecule has 126 valence electrons. The Morgan fingerprint density at radius 1 is 1.16 bits per heavy atom. The van der Waals surface area contributed by atoms with Crippen molar-refractivity contribution in [2.45, 2.75) is 19.0 Å². The molecule has 3 amide bonds. The Morgan fingerprint density at radius 2 is 1.96 bits per heavy atom. The predicted octanol–water partition coefficient (Wildman–Crippen LogP) is 2.43. The molecule has 1 saturated heterocycles. The third-order valence-electron chi connectivity index (χ3n) is 4.33. The number of aromatic nitrogens is 2. The largest absolute Gasteiger partial charge is 0.466 e. The van der Waals surface area contributed by atoms with Gasteiger partial charge in [0.15, 0.2) is 5.54 Å². The Balaban J connectivity index is 1.55. The first-order chi connectivity index (χ1) is 12.1. The molecule has 7 nitrogen and oxygen atoms in total. The average Bonchev–Trinajstić information content (AvgIpc) is 3.35. The second kappa shape index (κ2) is 5.62. The van der Waals surface area contributed by atoms with Gasteiger partial charge in [-0.05, 0) is 42.8 Å². The minimum atomic E-state index is -1.17. The molecule has 1 aliphatic heterocycles. The molecule has 7 heteroatoms. The Labute approximate surface area is 143 Å². The smallest absolute Gasteiger partial charge is 0.325 e. The van der Waals surface area contributed by atoms with E-state index in [-0.39, 0.29) is 12.5 Å². The van der Waals surface area contributed by atoms with Crippen LogP contribution in [0.1, 0.15) is 18.2 Å². The van der Waals surface area contributed by atoms with E-state index < -0.39 is 11.6 Å². The number of urea groups is 1. The summed E-state index contributed by atoms with van der Waals surface area (Å²) in [6.07, 6.45) is 5.04. The standard InChI is InChI=1S/C18H16N4O3/c1-18(15-4-2-11-25-15)16(23)21(17(24)20-18)12-13-5-7-14(8-6-13)22-10-3-9-19-22/h2-11H,12H2,1H3,(H,20,24). The van der Waals surface area contributed by atoms with Crippen LogP contribution in [0.5, 0.6) is 0 Å². The van der Waals surface area contributed by atoms with Crippen LogP contribution in [0.25, 0.3) is 5.69 Å². The van der Waals surface area contributed by atoms with Gasteiger partial charge in [0.05, 0.1) is 18.5 Å². The quantitative estimate of drug-likeness (QED) is 0.742. The number of carbonyl (C=O) groups excluding carboxylic acids is 2. The number of carbonyl (C=O) groups is 2. The number of rotatable bonds is 4. The highest BCUT2D eigenvalue weighted by Gasteiger charge is 2.50. The van der Waals surface area contributed by atoms with Gasteiger partial charge >= 0.3 is 6.03 Å². The van der Waals surface area contributed by atoms with E-state index in [0.29, 0.717) is 5.76 Å². The highest BCUT2D eigenvalue weighted by Crippen LogP contribution is 2.30. The van der Waals surface area contributed by atoms with Crippen LogP contribution in [0.2, 0.25) is 0 Å². The maximum absolute atomic E-state index is 12.8. The average molecular weight is 336 g/mol. The number of benzene rings is 1. The highest BCUT2D eigenvalue weighted by molar-refractivity contribution is 6.06. The van der Waals surface area contributed by atoms with Gasteiger partial charge in [-0.15, -0.1) is 0 Å². The summed E-state index contributed by atoms with van der Waals surface area (Å²) in [6.45, 7) is 1.84. The molecule has 1 fully saturated rings. The summed E-state index contributed by atoms with van der Waals surface area (Å²) in [4.78, 5) is 26.3. The maximum atomic E-state index is 12.8. The fraction of sp³-hybridized carbons (Fsp3) is 0.167. The van der Waals surface area contributed by atoms with E-state index in [9.17, 15) is 9.59 Å². The van der Waals surface area contributed by atoms with Crippen LogP contribution in [-0.4, -0.2) is 26.6 Å².